The number of benzene rings is 11. The monoisotopic (exact) mass is 813 g/mol. The molecule has 1 aromatic heterocycles. The summed E-state index contributed by atoms with van der Waals surface area (Å²) in [5.41, 5.74) is 12.0. The van der Waals surface area contributed by atoms with Crippen LogP contribution >= 0.6 is 0 Å². The summed E-state index contributed by atoms with van der Waals surface area (Å²) in [6, 6.07) is 84.3. The molecule has 0 radical (unpaired) electrons. The van der Waals surface area contributed by atoms with Crippen molar-refractivity contribution in [2.75, 3.05) is 0 Å². The Morgan fingerprint density at radius 1 is 0.203 bits per heavy atom. The maximum absolute atomic E-state index is 5.44. The maximum atomic E-state index is 5.44. The average Bonchev–Trinajstić information content (AvgIpc) is 3.38. The van der Waals surface area contributed by atoms with Crippen molar-refractivity contribution < 1.29 is 0 Å². The van der Waals surface area contributed by atoms with Gasteiger partial charge in [-0.2, -0.15) is 0 Å². The highest BCUT2D eigenvalue weighted by molar-refractivity contribution is 6.06. The van der Waals surface area contributed by atoms with Gasteiger partial charge < -0.3 is 0 Å². The summed E-state index contributed by atoms with van der Waals surface area (Å²) in [6.07, 6.45) is 0. The van der Waals surface area contributed by atoms with Crippen molar-refractivity contribution in [3.63, 3.8) is 0 Å². The van der Waals surface area contributed by atoms with Gasteiger partial charge in [-0.25, -0.2) is 15.0 Å². The molecule has 0 aliphatic carbocycles. The van der Waals surface area contributed by atoms with Crippen LogP contribution in [0.4, 0.5) is 0 Å². The van der Waals surface area contributed by atoms with Crippen molar-refractivity contribution in [1.29, 1.82) is 0 Å². The molecule has 0 aliphatic heterocycles. The van der Waals surface area contributed by atoms with Gasteiger partial charge in [0.1, 0.15) is 0 Å². The van der Waals surface area contributed by atoms with Crippen LogP contribution in [0, 0.1) is 0 Å². The van der Waals surface area contributed by atoms with E-state index in [1.165, 1.54) is 32.7 Å². The number of rotatable bonds is 7. The van der Waals surface area contributed by atoms with E-state index in [0.29, 0.717) is 17.5 Å². The third kappa shape index (κ3) is 6.68. The van der Waals surface area contributed by atoms with Crippen molar-refractivity contribution >= 4 is 43.1 Å². The lowest BCUT2D eigenvalue weighted by atomic mass is 9.89. The zero-order valence-corrected chi connectivity index (χ0v) is 34.9. The van der Waals surface area contributed by atoms with E-state index in [9.17, 15) is 0 Å². The summed E-state index contributed by atoms with van der Waals surface area (Å²) in [6.45, 7) is 0. The third-order valence-electron chi connectivity index (χ3n) is 12.5. The molecule has 0 saturated heterocycles. The molecule has 0 N–H and O–H groups in total. The van der Waals surface area contributed by atoms with Crippen LogP contribution in [0.2, 0.25) is 0 Å². The predicted molar refractivity (Wildman–Crippen MR) is 268 cm³/mol. The van der Waals surface area contributed by atoms with Crippen molar-refractivity contribution in [2.45, 2.75) is 0 Å². The van der Waals surface area contributed by atoms with E-state index in [1.54, 1.807) is 0 Å². The largest absolute Gasteiger partial charge is 0.208 e. The van der Waals surface area contributed by atoms with Crippen LogP contribution in [-0.4, -0.2) is 15.0 Å². The number of hydrogen-bond acceptors (Lipinski definition) is 3. The topological polar surface area (TPSA) is 38.7 Å². The molecule has 0 saturated carbocycles. The Labute approximate surface area is 371 Å². The van der Waals surface area contributed by atoms with E-state index < -0.39 is 0 Å². The summed E-state index contributed by atoms with van der Waals surface area (Å²) in [4.78, 5) is 16.2. The van der Waals surface area contributed by atoms with Crippen LogP contribution in [0.15, 0.2) is 237 Å². The highest BCUT2D eigenvalue weighted by Gasteiger charge is 2.21. The number of nitrogens with zero attached hydrogens (tertiary/aromatic N) is 3. The Hall–Kier alpha value is -8.53. The second kappa shape index (κ2) is 15.7. The van der Waals surface area contributed by atoms with Gasteiger partial charge >= 0.3 is 0 Å². The van der Waals surface area contributed by atoms with Gasteiger partial charge in [-0.1, -0.05) is 218 Å². The molecule has 1 heterocycles. The molecule has 64 heavy (non-hydrogen) atoms. The fourth-order valence-electron chi connectivity index (χ4n) is 9.39. The van der Waals surface area contributed by atoms with E-state index in [2.05, 4.69) is 237 Å². The standard InChI is InChI=1S/C61H39N3/c1-2-15-40(16-3-1)51-25-10-11-28-55(51)56-36-35-43-19-6-9-27-54(43)58(56)61-63-59(62-60(64-61)57-30-14-21-42-18-5-8-26-52(42)57)49-23-12-22-44(39-49)45-31-32-47-38-48(34-33-46(47)37-45)53-29-13-20-41-17-4-7-24-50(41)53/h1-39H. The Balaban J connectivity index is 1.03. The van der Waals surface area contributed by atoms with Crippen LogP contribution in [-0.2, 0) is 0 Å². The summed E-state index contributed by atoms with van der Waals surface area (Å²) >= 11 is 0. The van der Waals surface area contributed by atoms with E-state index in [0.717, 1.165) is 71.6 Å². The highest BCUT2D eigenvalue weighted by Crippen LogP contribution is 2.42. The molecule has 0 spiro atoms. The Kier molecular flexibility index (Phi) is 9.16. The Morgan fingerprint density at radius 3 is 1.44 bits per heavy atom. The lowest BCUT2D eigenvalue weighted by Crippen LogP contribution is -2.02. The van der Waals surface area contributed by atoms with Gasteiger partial charge in [0.2, 0.25) is 0 Å². The van der Waals surface area contributed by atoms with Crippen LogP contribution in [0.1, 0.15) is 0 Å². The van der Waals surface area contributed by atoms with Gasteiger partial charge in [-0.05, 0) is 106 Å². The molecule has 0 aliphatic rings. The summed E-state index contributed by atoms with van der Waals surface area (Å²) in [7, 11) is 0. The SMILES string of the molecule is c1ccc(-c2ccccc2-c2ccc3ccccc3c2-c2nc(-c3cccc(-c4ccc5cc(-c6cccc7ccccc67)ccc5c4)c3)nc(-c3cccc4ccccc34)n2)cc1. The first-order valence-electron chi connectivity index (χ1n) is 21.8. The first kappa shape index (κ1) is 37.2. The van der Waals surface area contributed by atoms with Crippen molar-refractivity contribution in [3.05, 3.63) is 237 Å². The fourth-order valence-corrected chi connectivity index (χ4v) is 9.39. The van der Waals surface area contributed by atoms with Crippen molar-refractivity contribution in [3.8, 4) is 78.7 Å². The molecular formula is C61H39N3. The zero-order valence-electron chi connectivity index (χ0n) is 34.9. The molecule has 3 nitrogen and oxygen atoms in total. The normalized spacial score (nSPS) is 11.4. The first-order valence-corrected chi connectivity index (χ1v) is 21.8. The molecule has 3 heteroatoms. The van der Waals surface area contributed by atoms with E-state index in [1.807, 2.05) is 0 Å². The minimum absolute atomic E-state index is 0.616. The van der Waals surface area contributed by atoms with E-state index in [-0.39, 0.29) is 0 Å². The van der Waals surface area contributed by atoms with Crippen LogP contribution in [0.25, 0.3) is 122 Å². The molecule has 12 aromatic rings. The Bertz CT molecular complexity index is 3730. The predicted octanol–water partition coefficient (Wildman–Crippen LogP) is 16.2. The molecule has 11 aromatic carbocycles. The van der Waals surface area contributed by atoms with Gasteiger partial charge in [0.15, 0.2) is 17.5 Å². The number of aromatic nitrogens is 3. The molecular weight excluding hydrogens is 775 g/mol. The Morgan fingerprint density at radius 2 is 0.672 bits per heavy atom. The molecule has 0 bridgehead atoms. The maximum Gasteiger partial charge on any atom is 0.165 e. The summed E-state index contributed by atoms with van der Waals surface area (Å²) in [5.74, 6) is 1.87. The molecule has 12 rings (SSSR count). The molecule has 0 fully saturated rings. The first-order chi connectivity index (χ1) is 31.7. The van der Waals surface area contributed by atoms with E-state index >= 15 is 0 Å². The van der Waals surface area contributed by atoms with Gasteiger partial charge in [0.05, 0.1) is 0 Å². The quantitative estimate of drug-likeness (QED) is 0.161. The highest BCUT2D eigenvalue weighted by atomic mass is 15.0. The minimum atomic E-state index is 0.616. The van der Waals surface area contributed by atoms with Crippen LogP contribution < -0.4 is 0 Å². The number of fused-ring (bicyclic) bond motifs is 4. The van der Waals surface area contributed by atoms with Gasteiger partial charge in [0.25, 0.3) is 0 Å². The lowest BCUT2D eigenvalue weighted by molar-refractivity contribution is 1.08. The minimum Gasteiger partial charge on any atom is -0.208 e. The van der Waals surface area contributed by atoms with Gasteiger partial charge in [-0.3, -0.25) is 0 Å². The molecule has 0 amide bonds. The van der Waals surface area contributed by atoms with E-state index in [4.69, 9.17) is 15.0 Å². The summed E-state index contributed by atoms with van der Waals surface area (Å²) in [5, 5.41) is 9.32. The van der Waals surface area contributed by atoms with Gasteiger partial charge in [-0.15, -0.1) is 0 Å². The molecule has 0 unspecified atom stereocenters. The van der Waals surface area contributed by atoms with Crippen LogP contribution in [0.5, 0.6) is 0 Å². The average molecular weight is 814 g/mol. The molecule has 298 valence electrons. The lowest BCUT2D eigenvalue weighted by Gasteiger charge is -2.17. The second-order valence-corrected chi connectivity index (χ2v) is 16.3. The smallest absolute Gasteiger partial charge is 0.165 e. The van der Waals surface area contributed by atoms with Crippen molar-refractivity contribution in [2.24, 2.45) is 0 Å². The summed E-state index contributed by atoms with van der Waals surface area (Å²) < 4.78 is 0. The van der Waals surface area contributed by atoms with Crippen molar-refractivity contribution in [1.82, 2.24) is 15.0 Å². The number of hydrogen-bond donors (Lipinski definition) is 0. The second-order valence-electron chi connectivity index (χ2n) is 16.3. The van der Waals surface area contributed by atoms with Gasteiger partial charge in [0, 0.05) is 16.7 Å². The zero-order chi connectivity index (χ0) is 42.4. The fraction of sp³-hybridized carbons (Fsp3) is 0. The molecule has 0 atom stereocenters. The van der Waals surface area contributed by atoms with Crippen LogP contribution in [0.3, 0.4) is 0 Å². The third-order valence-corrected chi connectivity index (χ3v) is 12.5.